The molecule has 0 N–H and O–H groups in total. The van der Waals surface area contributed by atoms with Crippen LogP contribution in [0.5, 0.6) is 11.5 Å². The molecule has 0 amide bonds. The maximum Gasteiger partial charge on any atom is 0.348 e. The van der Waals surface area contributed by atoms with Gasteiger partial charge in [0, 0.05) is 15.6 Å². The zero-order chi connectivity index (χ0) is 20.7. The van der Waals surface area contributed by atoms with Gasteiger partial charge in [0.15, 0.2) is 11.5 Å². The van der Waals surface area contributed by atoms with Crippen molar-refractivity contribution in [2.75, 3.05) is 13.7 Å². The molecule has 0 bridgehead atoms. The van der Waals surface area contributed by atoms with E-state index in [0.717, 1.165) is 5.56 Å². The Bertz CT molecular complexity index is 954. The lowest BCUT2D eigenvalue weighted by Gasteiger charge is -2.14. The molecule has 0 saturated carbocycles. The van der Waals surface area contributed by atoms with Crippen molar-refractivity contribution < 1.29 is 19.0 Å². The average molecular weight is 485 g/mol. The molecular weight excluding hydrogens is 469 g/mol. The van der Waals surface area contributed by atoms with Crippen LogP contribution in [0.15, 0.2) is 40.4 Å². The number of esters is 1. The van der Waals surface area contributed by atoms with Gasteiger partial charge < -0.3 is 14.2 Å². The van der Waals surface area contributed by atoms with Crippen molar-refractivity contribution in [3.63, 3.8) is 0 Å². The van der Waals surface area contributed by atoms with Gasteiger partial charge in [-0.2, -0.15) is 5.26 Å². The minimum absolute atomic E-state index is 0.114. The Hall–Kier alpha value is -2.20. The van der Waals surface area contributed by atoms with Gasteiger partial charge in [0.25, 0.3) is 0 Å². The standard InChI is InChI=1S/C20H16BrCl2NO4/c1-3-27-20(25)14(10-24)6-12-7-16(21)19(18(8-12)26-2)28-11-13-4-5-15(22)9-17(13)23/h4-9H,3,11H2,1-2H3/b14-6-. The van der Waals surface area contributed by atoms with Gasteiger partial charge in [-0.15, -0.1) is 0 Å². The summed E-state index contributed by atoms with van der Waals surface area (Å²) in [4.78, 5) is 11.8. The first-order valence-corrected chi connectivity index (χ1v) is 9.67. The highest BCUT2D eigenvalue weighted by atomic mass is 79.9. The zero-order valence-electron chi connectivity index (χ0n) is 15.1. The number of nitriles is 1. The maximum absolute atomic E-state index is 11.8. The predicted molar refractivity (Wildman–Crippen MR) is 112 cm³/mol. The molecule has 8 heteroatoms. The molecule has 2 aromatic carbocycles. The van der Waals surface area contributed by atoms with Crippen molar-refractivity contribution in [1.82, 2.24) is 0 Å². The van der Waals surface area contributed by atoms with Crippen molar-refractivity contribution in [2.45, 2.75) is 13.5 Å². The lowest BCUT2D eigenvalue weighted by Crippen LogP contribution is -2.06. The quantitative estimate of drug-likeness (QED) is 0.281. The van der Waals surface area contributed by atoms with E-state index in [4.69, 9.17) is 37.4 Å². The molecular formula is C20H16BrCl2NO4. The molecule has 0 fully saturated rings. The lowest BCUT2D eigenvalue weighted by molar-refractivity contribution is -0.137. The van der Waals surface area contributed by atoms with Crippen molar-refractivity contribution in [1.29, 1.82) is 5.26 Å². The van der Waals surface area contributed by atoms with E-state index in [9.17, 15) is 10.1 Å². The van der Waals surface area contributed by atoms with Crippen LogP contribution in [-0.4, -0.2) is 19.7 Å². The van der Waals surface area contributed by atoms with Crippen LogP contribution in [0.4, 0.5) is 0 Å². The van der Waals surface area contributed by atoms with Gasteiger partial charge in [-0.25, -0.2) is 4.79 Å². The highest BCUT2D eigenvalue weighted by Crippen LogP contribution is 2.38. The van der Waals surface area contributed by atoms with E-state index < -0.39 is 5.97 Å². The second-order valence-corrected chi connectivity index (χ2v) is 7.15. The molecule has 5 nitrogen and oxygen atoms in total. The molecule has 28 heavy (non-hydrogen) atoms. The molecule has 2 aromatic rings. The largest absolute Gasteiger partial charge is 0.493 e. The topological polar surface area (TPSA) is 68.6 Å². The fraction of sp³-hybridized carbons (Fsp3) is 0.200. The third-order valence-electron chi connectivity index (χ3n) is 3.57. The van der Waals surface area contributed by atoms with E-state index in [1.165, 1.54) is 13.2 Å². The number of rotatable bonds is 7. The number of benzene rings is 2. The molecule has 0 aliphatic rings. The average Bonchev–Trinajstić information content (AvgIpc) is 2.66. The number of carbonyl (C=O) groups is 1. The van der Waals surface area contributed by atoms with Gasteiger partial charge >= 0.3 is 5.97 Å². The number of methoxy groups -OCH3 is 1. The monoisotopic (exact) mass is 483 g/mol. The number of nitrogens with zero attached hydrogens (tertiary/aromatic N) is 1. The normalized spacial score (nSPS) is 10.9. The van der Waals surface area contributed by atoms with Crippen molar-refractivity contribution >= 4 is 51.2 Å². The van der Waals surface area contributed by atoms with Gasteiger partial charge in [0.05, 0.1) is 18.2 Å². The Morgan fingerprint density at radius 1 is 1.29 bits per heavy atom. The van der Waals surface area contributed by atoms with Crippen LogP contribution in [0.2, 0.25) is 10.0 Å². The number of hydrogen-bond donors (Lipinski definition) is 0. The molecule has 0 unspecified atom stereocenters. The molecule has 0 spiro atoms. The van der Waals surface area contributed by atoms with Crippen LogP contribution in [0, 0.1) is 11.3 Å². The van der Waals surface area contributed by atoms with E-state index in [2.05, 4.69) is 15.9 Å². The van der Waals surface area contributed by atoms with Crippen LogP contribution in [0.3, 0.4) is 0 Å². The summed E-state index contributed by atoms with van der Waals surface area (Å²) < 4.78 is 16.7. The van der Waals surface area contributed by atoms with Gasteiger partial charge in [0.2, 0.25) is 0 Å². The van der Waals surface area contributed by atoms with Gasteiger partial charge in [0.1, 0.15) is 18.2 Å². The zero-order valence-corrected chi connectivity index (χ0v) is 18.2. The molecule has 0 saturated heterocycles. The summed E-state index contributed by atoms with van der Waals surface area (Å²) in [6.07, 6.45) is 1.42. The number of ether oxygens (including phenoxy) is 3. The minimum atomic E-state index is -0.683. The second-order valence-electron chi connectivity index (χ2n) is 5.45. The Kier molecular flexibility index (Phi) is 8.18. The molecule has 0 aliphatic heterocycles. The lowest BCUT2D eigenvalue weighted by atomic mass is 10.1. The first-order valence-electron chi connectivity index (χ1n) is 8.12. The number of halogens is 3. The molecule has 146 valence electrons. The molecule has 0 aromatic heterocycles. The summed E-state index contributed by atoms with van der Waals surface area (Å²) in [5.74, 6) is 0.199. The molecule has 2 rings (SSSR count). The van der Waals surface area contributed by atoms with Crippen molar-refractivity contribution in [3.05, 3.63) is 61.5 Å². The van der Waals surface area contributed by atoms with E-state index in [1.807, 2.05) is 6.07 Å². The summed E-state index contributed by atoms with van der Waals surface area (Å²) in [7, 11) is 1.49. The third-order valence-corrected chi connectivity index (χ3v) is 4.74. The third kappa shape index (κ3) is 5.65. The van der Waals surface area contributed by atoms with Crippen LogP contribution in [0.1, 0.15) is 18.1 Å². The fourth-order valence-corrected chi connectivity index (χ4v) is 3.30. The Morgan fingerprint density at radius 2 is 2.04 bits per heavy atom. The van der Waals surface area contributed by atoms with Gasteiger partial charge in [-0.05, 0) is 58.8 Å². The van der Waals surface area contributed by atoms with E-state index >= 15 is 0 Å². The highest BCUT2D eigenvalue weighted by molar-refractivity contribution is 9.10. The highest BCUT2D eigenvalue weighted by Gasteiger charge is 2.15. The Morgan fingerprint density at radius 3 is 2.64 bits per heavy atom. The molecule has 0 aliphatic carbocycles. The van der Waals surface area contributed by atoms with E-state index in [1.54, 1.807) is 37.3 Å². The molecule has 0 atom stereocenters. The van der Waals surface area contributed by atoms with Gasteiger partial charge in [-0.1, -0.05) is 29.3 Å². The summed E-state index contributed by atoms with van der Waals surface area (Å²) in [6.45, 7) is 2.06. The number of hydrogen-bond acceptors (Lipinski definition) is 5. The number of carbonyl (C=O) groups excluding carboxylic acids is 1. The van der Waals surface area contributed by atoms with Crippen LogP contribution in [0.25, 0.3) is 6.08 Å². The van der Waals surface area contributed by atoms with Crippen molar-refractivity contribution in [3.8, 4) is 17.6 Å². The smallest absolute Gasteiger partial charge is 0.348 e. The van der Waals surface area contributed by atoms with Crippen LogP contribution in [-0.2, 0) is 16.1 Å². The summed E-state index contributed by atoms with van der Waals surface area (Å²) in [6, 6.07) is 10.3. The van der Waals surface area contributed by atoms with Crippen LogP contribution >= 0.6 is 39.1 Å². The summed E-state index contributed by atoms with van der Waals surface area (Å²) in [5, 5.41) is 10.2. The maximum atomic E-state index is 11.8. The van der Waals surface area contributed by atoms with E-state index in [0.29, 0.717) is 31.6 Å². The van der Waals surface area contributed by atoms with Crippen LogP contribution < -0.4 is 9.47 Å². The fourth-order valence-electron chi connectivity index (χ4n) is 2.26. The SMILES string of the molecule is CCOC(=O)/C(C#N)=C\c1cc(Br)c(OCc2ccc(Cl)cc2Cl)c(OC)c1. The van der Waals surface area contributed by atoms with E-state index in [-0.39, 0.29) is 18.8 Å². The summed E-state index contributed by atoms with van der Waals surface area (Å²) >= 11 is 15.5. The first kappa shape index (κ1) is 22.1. The summed E-state index contributed by atoms with van der Waals surface area (Å²) in [5.41, 5.74) is 1.22. The predicted octanol–water partition coefficient (Wildman–Crippen LogP) is 5.81. The Labute approximate surface area is 181 Å². The minimum Gasteiger partial charge on any atom is -0.493 e. The second kappa shape index (κ2) is 10.4. The van der Waals surface area contributed by atoms with Crippen molar-refractivity contribution in [2.24, 2.45) is 0 Å². The molecule has 0 radical (unpaired) electrons. The first-order chi connectivity index (χ1) is 13.4. The molecule has 0 heterocycles. The Balaban J connectivity index is 2.30. The van der Waals surface area contributed by atoms with Gasteiger partial charge in [-0.3, -0.25) is 0 Å².